The minimum atomic E-state index is -1.07. The number of carbonyl (C=O) groups is 1. The van der Waals surface area contributed by atoms with Gasteiger partial charge in [0.1, 0.15) is 17.5 Å². The molecule has 0 spiro atoms. The van der Waals surface area contributed by atoms with Crippen LogP contribution in [0.4, 0.5) is 18.9 Å². The number of halogens is 3. The third-order valence-electron chi connectivity index (χ3n) is 2.18. The number of anilines is 1. The third kappa shape index (κ3) is 3.12. The number of rotatable bonds is 3. The van der Waals surface area contributed by atoms with Crippen LogP contribution in [0.25, 0.3) is 0 Å². The first-order valence-electron chi connectivity index (χ1n) is 4.95. The Morgan fingerprint density at radius 2 is 1.71 bits per heavy atom. The number of amides is 1. The van der Waals surface area contributed by atoms with Crippen LogP contribution in [-0.4, -0.2) is 30.9 Å². The fraction of sp³-hybridized carbons (Fsp3) is 0.364. The lowest BCUT2D eigenvalue weighted by molar-refractivity contribution is -0.129. The van der Waals surface area contributed by atoms with Gasteiger partial charge in [0.15, 0.2) is 11.6 Å². The van der Waals surface area contributed by atoms with Crippen LogP contribution in [0.2, 0.25) is 0 Å². The zero-order valence-electron chi connectivity index (χ0n) is 9.72. The number of carbonyl (C=O) groups excluding carboxylic acids is 1. The van der Waals surface area contributed by atoms with Crippen LogP contribution in [0.5, 0.6) is 0 Å². The lowest BCUT2D eigenvalue weighted by Gasteiger charge is -2.19. The summed E-state index contributed by atoms with van der Waals surface area (Å²) in [6.45, 7) is 1.46. The van der Waals surface area contributed by atoms with Crippen molar-refractivity contribution in [3.05, 3.63) is 29.6 Å². The van der Waals surface area contributed by atoms with Gasteiger partial charge in [-0.1, -0.05) is 0 Å². The van der Waals surface area contributed by atoms with Crippen LogP contribution in [0, 0.1) is 17.5 Å². The molecule has 6 heteroatoms. The number of nitrogens with zero attached hydrogens (tertiary/aromatic N) is 1. The first kappa shape index (κ1) is 13.3. The normalized spacial score (nSPS) is 12.1. The lowest BCUT2D eigenvalue weighted by Crippen LogP contribution is -2.37. The van der Waals surface area contributed by atoms with E-state index in [1.165, 1.54) is 25.9 Å². The van der Waals surface area contributed by atoms with Gasteiger partial charge in [-0.15, -0.1) is 0 Å². The maximum atomic E-state index is 13.3. The van der Waals surface area contributed by atoms with Gasteiger partial charge in [-0.25, -0.2) is 13.2 Å². The SMILES string of the molecule is CC(Nc1c(F)cc(F)cc1F)C(=O)N(C)C. The van der Waals surface area contributed by atoms with E-state index in [2.05, 4.69) is 5.32 Å². The van der Waals surface area contributed by atoms with Gasteiger partial charge in [0.05, 0.1) is 0 Å². The summed E-state index contributed by atoms with van der Waals surface area (Å²) >= 11 is 0. The second-order valence-corrected chi connectivity index (χ2v) is 3.84. The molecule has 1 rings (SSSR count). The van der Waals surface area contributed by atoms with E-state index in [1.807, 2.05) is 0 Å². The summed E-state index contributed by atoms with van der Waals surface area (Å²) in [6.07, 6.45) is 0. The Morgan fingerprint density at radius 3 is 2.12 bits per heavy atom. The monoisotopic (exact) mass is 246 g/mol. The molecule has 3 nitrogen and oxygen atoms in total. The Morgan fingerprint density at radius 1 is 1.24 bits per heavy atom. The van der Waals surface area contributed by atoms with Gasteiger partial charge in [0, 0.05) is 26.2 Å². The van der Waals surface area contributed by atoms with E-state index in [1.54, 1.807) is 0 Å². The molecule has 1 aromatic rings. The largest absolute Gasteiger partial charge is 0.369 e. The first-order valence-corrected chi connectivity index (χ1v) is 4.95. The molecule has 0 aromatic heterocycles. The highest BCUT2D eigenvalue weighted by Gasteiger charge is 2.19. The predicted molar refractivity (Wildman–Crippen MR) is 58.1 cm³/mol. The van der Waals surface area contributed by atoms with Gasteiger partial charge in [0.2, 0.25) is 5.91 Å². The molecule has 1 N–H and O–H groups in total. The Hall–Kier alpha value is -1.72. The standard InChI is InChI=1S/C11H13F3N2O/c1-6(11(17)16(2)3)15-10-8(13)4-7(12)5-9(10)14/h4-6,15H,1-3H3. The van der Waals surface area contributed by atoms with Crippen molar-refractivity contribution in [1.29, 1.82) is 0 Å². The fourth-order valence-electron chi connectivity index (χ4n) is 1.35. The first-order chi connectivity index (χ1) is 7.82. The van der Waals surface area contributed by atoms with Crippen LogP contribution in [-0.2, 0) is 4.79 Å². The van der Waals surface area contributed by atoms with Crippen molar-refractivity contribution in [3.63, 3.8) is 0 Å². The van der Waals surface area contributed by atoms with E-state index in [0.717, 1.165) is 0 Å². The molecule has 0 fully saturated rings. The summed E-state index contributed by atoms with van der Waals surface area (Å²) in [5.41, 5.74) is -0.505. The van der Waals surface area contributed by atoms with E-state index in [0.29, 0.717) is 12.1 Å². The molecule has 94 valence electrons. The summed E-state index contributed by atoms with van der Waals surface area (Å²) in [6, 6.07) is 0.302. The van der Waals surface area contributed by atoms with Gasteiger partial charge >= 0.3 is 0 Å². The van der Waals surface area contributed by atoms with Crippen molar-refractivity contribution in [2.45, 2.75) is 13.0 Å². The maximum absolute atomic E-state index is 13.3. The van der Waals surface area contributed by atoms with Crippen LogP contribution in [0.3, 0.4) is 0 Å². The van der Waals surface area contributed by atoms with Gasteiger partial charge < -0.3 is 10.2 Å². The van der Waals surface area contributed by atoms with E-state index >= 15 is 0 Å². The Labute approximate surface area is 97.2 Å². The molecule has 0 aliphatic heterocycles. The number of benzene rings is 1. The van der Waals surface area contributed by atoms with E-state index < -0.39 is 29.2 Å². The Kier molecular flexibility index (Phi) is 3.98. The Bertz CT molecular complexity index is 412. The van der Waals surface area contributed by atoms with Crippen LogP contribution >= 0.6 is 0 Å². The second-order valence-electron chi connectivity index (χ2n) is 3.84. The number of hydrogen-bond acceptors (Lipinski definition) is 2. The van der Waals surface area contributed by atoms with E-state index in [9.17, 15) is 18.0 Å². The van der Waals surface area contributed by atoms with Crippen LogP contribution in [0.15, 0.2) is 12.1 Å². The quantitative estimate of drug-likeness (QED) is 0.884. The molecule has 1 atom stereocenters. The molecule has 0 aliphatic rings. The average Bonchev–Trinajstić information content (AvgIpc) is 2.21. The van der Waals surface area contributed by atoms with Gasteiger partial charge in [-0.05, 0) is 6.92 Å². The fourth-order valence-corrected chi connectivity index (χ4v) is 1.35. The van der Waals surface area contributed by atoms with Crippen molar-refractivity contribution < 1.29 is 18.0 Å². The van der Waals surface area contributed by atoms with Gasteiger partial charge in [-0.2, -0.15) is 0 Å². The molecular weight excluding hydrogens is 233 g/mol. The molecule has 0 aliphatic carbocycles. The zero-order chi connectivity index (χ0) is 13.2. The van der Waals surface area contributed by atoms with E-state index in [4.69, 9.17) is 0 Å². The van der Waals surface area contributed by atoms with Crippen LogP contribution in [0.1, 0.15) is 6.92 Å². The molecule has 1 amide bonds. The minimum absolute atomic E-state index is 0.340. The van der Waals surface area contributed by atoms with Gasteiger partial charge in [0.25, 0.3) is 0 Å². The minimum Gasteiger partial charge on any atom is -0.369 e. The number of likely N-dealkylation sites (N-methyl/N-ethyl adjacent to an activating group) is 1. The van der Waals surface area contributed by atoms with Crippen molar-refractivity contribution in [2.24, 2.45) is 0 Å². The predicted octanol–water partition coefficient (Wildman–Crippen LogP) is 1.99. The van der Waals surface area contributed by atoms with Crippen molar-refractivity contribution in [2.75, 3.05) is 19.4 Å². The molecular formula is C11H13F3N2O. The molecule has 17 heavy (non-hydrogen) atoms. The highest BCUT2D eigenvalue weighted by atomic mass is 19.1. The van der Waals surface area contributed by atoms with Crippen LogP contribution < -0.4 is 5.32 Å². The molecule has 0 radical (unpaired) electrons. The summed E-state index contributed by atoms with van der Waals surface area (Å²) < 4.78 is 39.2. The topological polar surface area (TPSA) is 32.3 Å². The molecule has 0 heterocycles. The van der Waals surface area contributed by atoms with Crippen molar-refractivity contribution >= 4 is 11.6 Å². The van der Waals surface area contributed by atoms with Gasteiger partial charge in [-0.3, -0.25) is 4.79 Å². The molecule has 1 aromatic carbocycles. The molecule has 0 saturated carbocycles. The molecule has 0 bridgehead atoms. The highest BCUT2D eigenvalue weighted by Crippen LogP contribution is 2.21. The smallest absolute Gasteiger partial charge is 0.244 e. The summed E-state index contributed by atoms with van der Waals surface area (Å²) in [4.78, 5) is 12.8. The Balaban J connectivity index is 2.92. The number of nitrogens with one attached hydrogen (secondary N) is 1. The second kappa shape index (κ2) is 5.07. The lowest BCUT2D eigenvalue weighted by atomic mass is 10.2. The highest BCUT2D eigenvalue weighted by molar-refractivity contribution is 5.83. The number of hydrogen-bond donors (Lipinski definition) is 1. The summed E-state index contributed by atoms with van der Waals surface area (Å²) in [7, 11) is 3.05. The average molecular weight is 246 g/mol. The summed E-state index contributed by atoms with van der Waals surface area (Å²) in [5.74, 6) is -3.48. The van der Waals surface area contributed by atoms with Crippen molar-refractivity contribution in [1.82, 2.24) is 4.90 Å². The van der Waals surface area contributed by atoms with Crippen molar-refractivity contribution in [3.8, 4) is 0 Å². The zero-order valence-corrected chi connectivity index (χ0v) is 9.72. The van der Waals surface area contributed by atoms with E-state index in [-0.39, 0.29) is 5.91 Å². The summed E-state index contributed by atoms with van der Waals surface area (Å²) in [5, 5.41) is 2.38. The molecule has 1 unspecified atom stereocenters. The third-order valence-corrected chi connectivity index (χ3v) is 2.18. The maximum Gasteiger partial charge on any atom is 0.244 e. The molecule has 0 saturated heterocycles.